The van der Waals surface area contributed by atoms with Gasteiger partial charge in [-0.15, -0.1) is 0 Å². The Labute approximate surface area is 178 Å². The van der Waals surface area contributed by atoms with Gasteiger partial charge in [-0.25, -0.2) is 4.98 Å². The Hall–Kier alpha value is -3.07. The summed E-state index contributed by atoms with van der Waals surface area (Å²) in [7, 11) is 0. The molecule has 1 aromatic heterocycles. The quantitative estimate of drug-likeness (QED) is 0.506. The number of hydrogen-bond donors (Lipinski definition) is 1. The second-order valence-corrected chi connectivity index (χ2v) is 7.08. The van der Waals surface area contributed by atoms with Gasteiger partial charge in [0.15, 0.2) is 0 Å². The van der Waals surface area contributed by atoms with E-state index in [1.165, 1.54) is 0 Å². The number of carbonyl (C=O) groups excluding carboxylic acids is 1. The molecule has 1 amide bonds. The van der Waals surface area contributed by atoms with E-state index < -0.39 is 0 Å². The molecule has 0 saturated carbocycles. The Morgan fingerprint density at radius 3 is 2.76 bits per heavy atom. The molecule has 29 heavy (non-hydrogen) atoms. The molecule has 0 aliphatic carbocycles. The Balaban J connectivity index is 1.87. The van der Waals surface area contributed by atoms with Crippen molar-refractivity contribution in [2.24, 2.45) is 0 Å². The number of amides is 1. The number of halogens is 2. The van der Waals surface area contributed by atoms with Crippen LogP contribution >= 0.6 is 23.2 Å². The molecule has 0 bridgehead atoms. The van der Waals surface area contributed by atoms with Crippen LogP contribution in [0.3, 0.4) is 0 Å². The molecule has 3 rings (SSSR count). The van der Waals surface area contributed by atoms with Crippen LogP contribution in [0.25, 0.3) is 11.3 Å². The number of rotatable bonds is 6. The van der Waals surface area contributed by atoms with E-state index in [2.05, 4.69) is 10.3 Å². The lowest BCUT2D eigenvalue weighted by Crippen LogP contribution is -2.24. The van der Waals surface area contributed by atoms with Crippen molar-refractivity contribution in [3.63, 3.8) is 0 Å². The molecule has 0 atom stereocenters. The van der Waals surface area contributed by atoms with E-state index in [1.54, 1.807) is 36.4 Å². The number of benzene rings is 2. The lowest BCUT2D eigenvalue weighted by molar-refractivity contribution is 0.0954. The van der Waals surface area contributed by atoms with E-state index in [1.807, 2.05) is 31.2 Å². The highest BCUT2D eigenvalue weighted by Crippen LogP contribution is 2.32. The number of hydrogen-bond acceptors (Lipinski definition) is 4. The molecular weight excluding hydrogens is 409 g/mol. The van der Waals surface area contributed by atoms with E-state index in [4.69, 9.17) is 33.2 Å². The van der Waals surface area contributed by atoms with E-state index in [0.717, 1.165) is 11.1 Å². The van der Waals surface area contributed by atoms with E-state index in [9.17, 15) is 4.79 Å². The van der Waals surface area contributed by atoms with Crippen LogP contribution in [-0.4, -0.2) is 17.4 Å². The fourth-order valence-corrected chi connectivity index (χ4v) is 3.11. The van der Waals surface area contributed by atoms with Crippen molar-refractivity contribution in [1.82, 2.24) is 10.3 Å². The summed E-state index contributed by atoms with van der Waals surface area (Å²) in [6, 6.07) is 17.7. The van der Waals surface area contributed by atoms with Gasteiger partial charge in [0.05, 0.1) is 23.2 Å². The van der Waals surface area contributed by atoms with Gasteiger partial charge < -0.3 is 10.1 Å². The fourth-order valence-electron chi connectivity index (χ4n) is 2.67. The topological polar surface area (TPSA) is 75.0 Å². The predicted octanol–water partition coefficient (Wildman–Crippen LogP) is 5.80. The summed E-state index contributed by atoms with van der Waals surface area (Å²) in [5.41, 5.74) is 2.94. The van der Waals surface area contributed by atoms with Crippen molar-refractivity contribution >= 4 is 29.1 Å². The monoisotopic (exact) mass is 425 g/mol. The third-order valence-corrected chi connectivity index (χ3v) is 4.66. The van der Waals surface area contributed by atoms with Gasteiger partial charge in [0.2, 0.25) is 5.88 Å². The zero-order chi connectivity index (χ0) is 20.8. The number of aryl methyl sites for hydroxylation is 1. The van der Waals surface area contributed by atoms with Crippen molar-refractivity contribution in [3.05, 3.63) is 75.8 Å². The maximum Gasteiger partial charge on any atom is 0.251 e. The summed E-state index contributed by atoms with van der Waals surface area (Å²) in [5.74, 6) is 0.583. The van der Waals surface area contributed by atoms with Crippen LogP contribution in [-0.2, 0) is 0 Å². The average molecular weight is 426 g/mol. The summed E-state index contributed by atoms with van der Waals surface area (Å²) in [6.07, 6.45) is 0.263. The average Bonchev–Trinajstić information content (AvgIpc) is 2.71. The van der Waals surface area contributed by atoms with E-state index in [-0.39, 0.29) is 12.3 Å². The number of nitrogens with zero attached hydrogens (tertiary/aromatic N) is 2. The van der Waals surface area contributed by atoms with E-state index in [0.29, 0.717) is 39.5 Å². The molecule has 0 aliphatic rings. The first-order valence-corrected chi connectivity index (χ1v) is 9.59. The number of nitriles is 1. The summed E-state index contributed by atoms with van der Waals surface area (Å²) in [5, 5.41) is 12.2. The van der Waals surface area contributed by atoms with Crippen molar-refractivity contribution in [1.29, 1.82) is 5.26 Å². The molecule has 0 aliphatic heterocycles. The molecule has 0 radical (unpaired) electrons. The Kier molecular flexibility index (Phi) is 6.71. The van der Waals surface area contributed by atoms with Crippen LogP contribution < -0.4 is 10.1 Å². The molecule has 7 heteroatoms. The SMILES string of the molecule is Cc1ccc(C(=O)NCCC#N)cc1-c1cccc(Oc2ccc(Cl)cc2Cl)n1. The summed E-state index contributed by atoms with van der Waals surface area (Å²) < 4.78 is 5.80. The third-order valence-electron chi connectivity index (χ3n) is 4.13. The number of carbonyl (C=O) groups is 1. The minimum Gasteiger partial charge on any atom is -0.437 e. The number of pyridine rings is 1. The molecule has 1 heterocycles. The maximum absolute atomic E-state index is 12.3. The van der Waals surface area contributed by atoms with Crippen molar-refractivity contribution in [2.75, 3.05) is 6.54 Å². The van der Waals surface area contributed by atoms with Crippen LogP contribution in [0.4, 0.5) is 0 Å². The molecule has 1 N–H and O–H groups in total. The highest BCUT2D eigenvalue weighted by atomic mass is 35.5. The van der Waals surface area contributed by atoms with Gasteiger partial charge >= 0.3 is 0 Å². The first-order valence-electron chi connectivity index (χ1n) is 8.84. The molecule has 0 unspecified atom stereocenters. The number of aromatic nitrogens is 1. The highest BCUT2D eigenvalue weighted by Gasteiger charge is 2.12. The standard InChI is InChI=1S/C22H17Cl2N3O2/c1-14-6-7-15(22(28)26-11-3-10-25)12-17(14)19-4-2-5-21(27-19)29-20-9-8-16(23)13-18(20)24/h2,4-9,12-13H,3,11H2,1H3,(H,26,28). The van der Waals surface area contributed by atoms with Crippen LogP contribution in [0.2, 0.25) is 10.0 Å². The summed E-state index contributed by atoms with van der Waals surface area (Å²) >= 11 is 12.1. The Bertz CT molecular complexity index is 1090. The molecule has 0 spiro atoms. The van der Waals surface area contributed by atoms with Crippen molar-refractivity contribution < 1.29 is 9.53 Å². The van der Waals surface area contributed by atoms with Gasteiger partial charge in [0, 0.05) is 28.8 Å². The van der Waals surface area contributed by atoms with Crippen LogP contribution in [0.5, 0.6) is 11.6 Å². The van der Waals surface area contributed by atoms with E-state index >= 15 is 0 Å². The lowest BCUT2D eigenvalue weighted by Gasteiger charge is -2.11. The largest absolute Gasteiger partial charge is 0.437 e. The third kappa shape index (κ3) is 5.26. The number of nitrogens with one attached hydrogen (secondary N) is 1. The molecule has 0 fully saturated rings. The lowest BCUT2D eigenvalue weighted by atomic mass is 10.0. The summed E-state index contributed by atoms with van der Waals surface area (Å²) in [4.78, 5) is 16.8. The highest BCUT2D eigenvalue weighted by molar-refractivity contribution is 6.35. The minimum absolute atomic E-state index is 0.234. The second-order valence-electron chi connectivity index (χ2n) is 6.23. The minimum atomic E-state index is -0.234. The first-order chi connectivity index (χ1) is 14.0. The molecular formula is C22H17Cl2N3O2. The molecule has 0 saturated heterocycles. The molecule has 3 aromatic rings. The second kappa shape index (κ2) is 9.42. The molecule has 146 valence electrons. The van der Waals surface area contributed by atoms with Gasteiger partial charge in [-0.2, -0.15) is 5.26 Å². The normalized spacial score (nSPS) is 10.3. The Morgan fingerprint density at radius 1 is 1.17 bits per heavy atom. The molecule has 5 nitrogen and oxygen atoms in total. The first kappa shape index (κ1) is 20.7. The molecule has 2 aromatic carbocycles. The fraction of sp³-hybridized carbons (Fsp3) is 0.136. The van der Waals surface area contributed by atoms with Gasteiger partial charge in [-0.05, 0) is 48.9 Å². The zero-order valence-corrected chi connectivity index (χ0v) is 17.1. The van der Waals surface area contributed by atoms with Crippen LogP contribution in [0, 0.1) is 18.3 Å². The summed E-state index contributed by atoms with van der Waals surface area (Å²) in [6.45, 7) is 2.25. The van der Waals surface area contributed by atoms with Crippen molar-refractivity contribution in [2.45, 2.75) is 13.3 Å². The Morgan fingerprint density at radius 2 is 2.00 bits per heavy atom. The van der Waals surface area contributed by atoms with Gasteiger partial charge in [-0.1, -0.05) is 35.3 Å². The van der Waals surface area contributed by atoms with Crippen LogP contribution in [0.1, 0.15) is 22.3 Å². The van der Waals surface area contributed by atoms with Crippen LogP contribution in [0.15, 0.2) is 54.6 Å². The van der Waals surface area contributed by atoms with Crippen molar-refractivity contribution in [3.8, 4) is 29.0 Å². The number of ether oxygens (including phenoxy) is 1. The smallest absolute Gasteiger partial charge is 0.251 e. The predicted molar refractivity (Wildman–Crippen MR) is 114 cm³/mol. The van der Waals surface area contributed by atoms with Gasteiger partial charge in [-0.3, -0.25) is 4.79 Å². The van der Waals surface area contributed by atoms with Gasteiger partial charge in [0.25, 0.3) is 5.91 Å². The maximum atomic E-state index is 12.3. The zero-order valence-electron chi connectivity index (χ0n) is 15.6. The van der Waals surface area contributed by atoms with Gasteiger partial charge in [0.1, 0.15) is 5.75 Å².